The molecule has 0 aromatic rings. The molecule has 11 aliphatic rings. The number of allylic oxidation sites excluding steroid dienone is 2. The highest BCUT2D eigenvalue weighted by Crippen LogP contribution is 2.76. The molecule has 0 radical (unpaired) electrons. The van der Waals surface area contributed by atoms with Crippen molar-refractivity contribution in [1.82, 2.24) is 0 Å². The average molecular weight is 1370 g/mol. The van der Waals surface area contributed by atoms with Gasteiger partial charge < -0.3 is 149 Å². The van der Waals surface area contributed by atoms with Gasteiger partial charge in [0.2, 0.25) is 0 Å². The van der Waals surface area contributed by atoms with Crippen molar-refractivity contribution in [1.29, 1.82) is 0 Å². The molecule has 0 aromatic heterocycles. The molecule has 6 saturated heterocycles. The normalized spacial score (nSPS) is 53.8. The third-order valence-corrected chi connectivity index (χ3v) is 24.9. The van der Waals surface area contributed by atoms with Gasteiger partial charge in [0.25, 0.3) is 0 Å². The van der Waals surface area contributed by atoms with E-state index in [9.17, 15) is 96.7 Å². The molecular weight excluding hydrogens is 1260 g/mol. The van der Waals surface area contributed by atoms with E-state index in [-0.39, 0.29) is 39.4 Å². The maximum Gasteiger partial charge on any atom is 0.310 e. The quantitative estimate of drug-likeness (QED) is 0.0482. The lowest BCUT2D eigenvalue weighted by atomic mass is 9.33. The number of carboxylic acids is 1. The number of carboxylic acid groups (broad SMARTS) is 1. The van der Waals surface area contributed by atoms with Crippen LogP contribution in [0.4, 0.5) is 0 Å². The Hall–Kier alpha value is -1.95. The molecular formula is C64H104O31. The molecule has 0 spiro atoms. The van der Waals surface area contributed by atoms with Gasteiger partial charge in [0.15, 0.2) is 37.7 Å². The monoisotopic (exact) mass is 1370 g/mol. The maximum absolute atomic E-state index is 13.3. The van der Waals surface area contributed by atoms with Crippen LogP contribution in [0.3, 0.4) is 0 Å². The molecule has 11 rings (SSSR count). The molecule has 10 fully saturated rings. The van der Waals surface area contributed by atoms with Gasteiger partial charge in [0.05, 0.1) is 51.2 Å². The second kappa shape index (κ2) is 28.0. The molecule has 6 heterocycles. The number of aliphatic carboxylic acids is 1. The number of hydrogen-bond donors (Lipinski definition) is 18. The van der Waals surface area contributed by atoms with E-state index in [1.807, 2.05) is 0 Å². The van der Waals surface area contributed by atoms with Gasteiger partial charge in [-0.05, 0) is 109 Å². The highest BCUT2D eigenvalue weighted by Gasteiger charge is 2.70. The largest absolute Gasteiger partial charge is 0.481 e. The number of aliphatic hydroxyl groups excluding tert-OH is 17. The fourth-order valence-electron chi connectivity index (χ4n) is 18.7. The third kappa shape index (κ3) is 13.2. The van der Waals surface area contributed by atoms with E-state index in [4.69, 9.17) is 56.8 Å². The van der Waals surface area contributed by atoms with Gasteiger partial charge in [-0.1, -0.05) is 60.1 Å². The highest BCUT2D eigenvalue weighted by molar-refractivity contribution is 5.76. The van der Waals surface area contributed by atoms with Crippen LogP contribution in [-0.2, 0) is 61.6 Å². The Morgan fingerprint density at radius 2 is 0.958 bits per heavy atom. The second-order valence-electron chi connectivity index (χ2n) is 31.1. The second-order valence-corrected chi connectivity index (χ2v) is 31.1. The standard InChI is InChI=1S/C64H104O31/c1-59(2)14-16-64(58(82)83)17-15-62(6)25(26(64)18-59)8-9-34-61(5)12-11-35(60(3,4)33(61)10-13-63(34,62)7)93-57-51(37(69)28(67)21-85-57)95-56-49(81)50(94-55-45(77)36(68)27(66)20-84-55)41(73)32(92-56)24-88-54-48(80)44(76)40(72)31(91-54)23-87-53-47(79)43(75)39(71)30(90-53)22-86-52-46(78)42(74)38(70)29(19-65)89-52/h8,26-57,65-81H,9-24H2,1-7H3,(H,82,83)/t26-,27-,28+,29+,30+,31+,32+,33+,34+,35-,36-,37-,38+,39+,40+,41+,42-,43-,44-,45+,46+,47+,48+,49+,50-,51+,52+,53+,54+,55-,56-,57-,61-,62+,63+,64-/m0/s1. The van der Waals surface area contributed by atoms with Crippen LogP contribution in [0.2, 0.25) is 0 Å². The van der Waals surface area contributed by atoms with E-state index in [1.165, 1.54) is 5.57 Å². The SMILES string of the molecule is CC1(C)CC[C@]2(C(=O)O)CC[C@]3(C)C(=CC[C@@H]4[C@@]5(C)CC[C@H](O[C@@H]6OC[C@@H](O)[C@H](O)[C@H]6O[C@@H]6O[C@H](CO[C@@H]7O[C@H](CO[C@@H]8O[C@H](CO[C@@H]9O[C@H](CO)[C@@H](O)[C@H](O)[C@H]9O)[C@@H](O)[C@H](O)[C@H]8O)[C@@H](O)[C@H](O)[C@H]7O)[C@@H](O)[C@H](O[C@@H]7OC[C@H](O)[C@H](O)[C@H]7O)[C@H]6O)C(C)(C)[C@H]5CC[C@]43C)[C@@H]2C1. The molecule has 0 bridgehead atoms. The van der Waals surface area contributed by atoms with Crippen molar-refractivity contribution in [2.24, 2.45) is 50.2 Å². The van der Waals surface area contributed by atoms with Crippen molar-refractivity contribution in [3.05, 3.63) is 11.6 Å². The molecule has 31 nitrogen and oxygen atoms in total. The van der Waals surface area contributed by atoms with Crippen LogP contribution in [0.1, 0.15) is 113 Å². The van der Waals surface area contributed by atoms with Crippen molar-refractivity contribution in [2.45, 2.75) is 291 Å². The minimum Gasteiger partial charge on any atom is -0.481 e. The Bertz CT molecular complexity index is 2660. The van der Waals surface area contributed by atoms with Crippen LogP contribution in [0.25, 0.3) is 0 Å². The van der Waals surface area contributed by atoms with Crippen LogP contribution in [0.5, 0.6) is 0 Å². The summed E-state index contributed by atoms with van der Waals surface area (Å²) in [7, 11) is 0. The summed E-state index contributed by atoms with van der Waals surface area (Å²) in [5, 5.41) is 196. The van der Waals surface area contributed by atoms with Gasteiger partial charge >= 0.3 is 5.97 Å². The molecule has 4 saturated carbocycles. The zero-order valence-electron chi connectivity index (χ0n) is 54.7. The average Bonchev–Trinajstić information content (AvgIpc) is 0.676. The van der Waals surface area contributed by atoms with E-state index >= 15 is 0 Å². The summed E-state index contributed by atoms with van der Waals surface area (Å²) in [6, 6.07) is 0. The summed E-state index contributed by atoms with van der Waals surface area (Å²) >= 11 is 0. The van der Waals surface area contributed by atoms with E-state index < -0.39 is 235 Å². The first-order valence-electron chi connectivity index (χ1n) is 33.7. The molecule has 31 heteroatoms. The van der Waals surface area contributed by atoms with Crippen LogP contribution < -0.4 is 0 Å². The molecule has 0 aromatic carbocycles. The lowest BCUT2D eigenvalue weighted by molar-refractivity contribution is -0.386. The minimum atomic E-state index is -2.07. The molecule has 36 atom stereocenters. The highest BCUT2D eigenvalue weighted by atomic mass is 16.8. The topological polar surface area (TPSA) is 492 Å². The number of hydrogen-bond acceptors (Lipinski definition) is 30. The molecule has 546 valence electrons. The van der Waals surface area contributed by atoms with Crippen LogP contribution in [-0.4, -0.2) is 316 Å². The summed E-state index contributed by atoms with van der Waals surface area (Å²) in [6.07, 6.45) is -40.8. The Labute approximate surface area is 550 Å². The van der Waals surface area contributed by atoms with Gasteiger partial charge in [-0.15, -0.1) is 0 Å². The summed E-state index contributed by atoms with van der Waals surface area (Å²) in [5.74, 6) is -0.370. The van der Waals surface area contributed by atoms with Crippen molar-refractivity contribution in [3.8, 4) is 0 Å². The first kappa shape index (κ1) is 74.2. The fraction of sp³-hybridized carbons (Fsp3) is 0.953. The van der Waals surface area contributed by atoms with Gasteiger partial charge in [0.1, 0.15) is 134 Å². The van der Waals surface area contributed by atoms with E-state index in [0.717, 1.165) is 44.9 Å². The molecule has 6 aliphatic heterocycles. The molecule has 18 N–H and O–H groups in total. The summed E-state index contributed by atoms with van der Waals surface area (Å²) in [5.41, 5.74) is -0.522. The van der Waals surface area contributed by atoms with Crippen LogP contribution in [0.15, 0.2) is 11.6 Å². The van der Waals surface area contributed by atoms with E-state index in [2.05, 4.69) is 54.5 Å². The number of aliphatic hydroxyl groups is 17. The number of rotatable bonds is 17. The predicted octanol–water partition coefficient (Wildman–Crippen LogP) is -4.54. The first-order valence-corrected chi connectivity index (χ1v) is 33.7. The van der Waals surface area contributed by atoms with Crippen molar-refractivity contribution in [3.63, 3.8) is 0 Å². The number of carbonyl (C=O) groups is 1. The molecule has 0 unspecified atom stereocenters. The van der Waals surface area contributed by atoms with Gasteiger partial charge in [-0.25, -0.2) is 0 Å². The van der Waals surface area contributed by atoms with Crippen molar-refractivity contribution < 1.29 is 154 Å². The van der Waals surface area contributed by atoms with Crippen LogP contribution >= 0.6 is 0 Å². The summed E-state index contributed by atoms with van der Waals surface area (Å²) < 4.78 is 71.0. The summed E-state index contributed by atoms with van der Waals surface area (Å²) in [4.78, 5) is 13.3. The van der Waals surface area contributed by atoms with E-state index in [1.54, 1.807) is 0 Å². The molecule has 5 aliphatic carbocycles. The maximum atomic E-state index is 13.3. The molecule has 0 amide bonds. The van der Waals surface area contributed by atoms with E-state index in [0.29, 0.717) is 19.3 Å². The van der Waals surface area contributed by atoms with Gasteiger partial charge in [-0.2, -0.15) is 0 Å². The minimum absolute atomic E-state index is 0.0157. The Morgan fingerprint density at radius 1 is 0.474 bits per heavy atom. The lowest BCUT2D eigenvalue weighted by Gasteiger charge is -2.71. The van der Waals surface area contributed by atoms with Crippen molar-refractivity contribution >= 4 is 5.97 Å². The lowest BCUT2D eigenvalue weighted by Crippen LogP contribution is -2.67. The Morgan fingerprint density at radius 3 is 1.52 bits per heavy atom. The molecule has 95 heavy (non-hydrogen) atoms. The Kier molecular flexibility index (Phi) is 21.9. The fourth-order valence-corrected chi connectivity index (χ4v) is 18.7. The third-order valence-electron chi connectivity index (χ3n) is 24.9. The zero-order valence-corrected chi connectivity index (χ0v) is 54.7. The number of fused-ring (bicyclic) bond motifs is 7. The van der Waals surface area contributed by atoms with Gasteiger partial charge in [0, 0.05) is 0 Å². The van der Waals surface area contributed by atoms with Crippen LogP contribution in [0, 0.1) is 50.2 Å². The van der Waals surface area contributed by atoms with Crippen molar-refractivity contribution in [2.75, 3.05) is 39.6 Å². The smallest absolute Gasteiger partial charge is 0.310 e. The summed E-state index contributed by atoms with van der Waals surface area (Å²) in [6.45, 7) is 12.0. The predicted molar refractivity (Wildman–Crippen MR) is 316 cm³/mol. The number of ether oxygens (including phenoxy) is 12. The Balaban J connectivity index is 0.777. The zero-order chi connectivity index (χ0) is 69.1. The first-order chi connectivity index (χ1) is 44.5. The van der Waals surface area contributed by atoms with Gasteiger partial charge in [-0.3, -0.25) is 4.79 Å².